The molecule has 0 aliphatic carbocycles. The highest BCUT2D eigenvalue weighted by molar-refractivity contribution is 7.57. The minimum Gasteiger partial charge on any atom is -0.435 e. The number of rotatable bonds is 8. The van der Waals surface area contributed by atoms with E-state index in [0.717, 1.165) is 39.9 Å². The maximum Gasteiger partial charge on any atom is 0.326 e. The molecule has 0 aliphatic heterocycles. The summed E-state index contributed by atoms with van der Waals surface area (Å²) in [5.74, 6) is 1.75. The van der Waals surface area contributed by atoms with Gasteiger partial charge in [0.25, 0.3) is 0 Å². The lowest BCUT2D eigenvalue weighted by Crippen LogP contribution is -2.21. The Labute approximate surface area is 274 Å². The van der Waals surface area contributed by atoms with Crippen molar-refractivity contribution < 1.29 is 18.6 Å². The fourth-order valence-electron chi connectivity index (χ4n) is 4.93. The normalized spacial score (nSPS) is 13.0. The lowest BCUT2D eigenvalue weighted by atomic mass is 9.80. The zero-order valence-electron chi connectivity index (χ0n) is 30.1. The molecule has 3 rings (SSSR count). The van der Waals surface area contributed by atoms with E-state index in [4.69, 9.17) is 13.8 Å². The first-order chi connectivity index (χ1) is 20.6. The number of esters is 1. The number of hydrogen-bond acceptors (Lipinski definition) is 4. The number of carbonyl (C=O) groups is 1. The highest BCUT2D eigenvalue weighted by Crippen LogP contribution is 2.48. The summed E-state index contributed by atoms with van der Waals surface area (Å²) in [5, 5.41) is 0.908. The Bertz CT molecular complexity index is 1440. The van der Waals surface area contributed by atoms with Crippen LogP contribution in [0.5, 0.6) is 17.2 Å². The predicted molar refractivity (Wildman–Crippen MR) is 193 cm³/mol. The molecule has 0 heterocycles. The second-order valence-corrected chi connectivity index (χ2v) is 17.3. The lowest BCUT2D eigenvalue weighted by Gasteiger charge is -2.31. The minimum absolute atomic E-state index is 0.000829. The molecule has 0 bridgehead atoms. The number of hydrogen-bond donors (Lipinski definition) is 0. The smallest absolute Gasteiger partial charge is 0.326 e. The van der Waals surface area contributed by atoms with Crippen LogP contribution in [-0.4, -0.2) is 5.97 Å². The second kappa shape index (κ2) is 13.7. The van der Waals surface area contributed by atoms with E-state index in [1.807, 2.05) is 18.2 Å². The molecule has 4 nitrogen and oxygen atoms in total. The number of allylic oxidation sites excluding steroid dienone is 1. The third kappa shape index (κ3) is 9.69. The molecule has 0 radical (unpaired) electrons. The Morgan fingerprint density at radius 2 is 1.13 bits per heavy atom. The molecule has 0 amide bonds. The molecule has 0 atom stereocenters. The van der Waals surface area contributed by atoms with Crippen LogP contribution in [0.1, 0.15) is 131 Å². The third-order valence-corrected chi connectivity index (χ3v) is 9.19. The van der Waals surface area contributed by atoms with Crippen molar-refractivity contribution in [2.75, 3.05) is 0 Å². The summed E-state index contributed by atoms with van der Waals surface area (Å²) in [6, 6.07) is 18.8. The minimum atomic E-state index is -1.67. The predicted octanol–water partition coefficient (Wildman–Crippen LogP) is 11.3. The van der Waals surface area contributed by atoms with Gasteiger partial charge in [0.15, 0.2) is 0 Å². The van der Waals surface area contributed by atoms with Gasteiger partial charge in [-0.3, -0.25) is 4.79 Å². The van der Waals surface area contributed by atoms with Crippen LogP contribution in [0.25, 0.3) is 6.08 Å². The first-order valence-electron chi connectivity index (χ1n) is 16.1. The van der Waals surface area contributed by atoms with E-state index in [-0.39, 0.29) is 27.6 Å². The maximum atomic E-state index is 11.8. The number of ether oxygens (including phenoxy) is 1. The monoisotopic (exact) mass is 630 g/mol. The van der Waals surface area contributed by atoms with Crippen LogP contribution < -0.4 is 19.1 Å². The van der Waals surface area contributed by atoms with Crippen LogP contribution >= 0.6 is 8.38 Å². The van der Waals surface area contributed by atoms with Crippen molar-refractivity contribution >= 4 is 25.7 Å². The topological polar surface area (TPSA) is 44.8 Å². The van der Waals surface area contributed by atoms with Crippen LogP contribution in [0.4, 0.5) is 0 Å². The first kappa shape index (κ1) is 36.4. The van der Waals surface area contributed by atoms with Crippen molar-refractivity contribution in [1.29, 1.82) is 0 Å². The van der Waals surface area contributed by atoms with E-state index in [2.05, 4.69) is 139 Å². The van der Waals surface area contributed by atoms with E-state index >= 15 is 0 Å². The zero-order valence-corrected chi connectivity index (χ0v) is 31.0. The number of benzene rings is 3. The van der Waals surface area contributed by atoms with Crippen molar-refractivity contribution in [1.82, 2.24) is 0 Å². The molecule has 0 saturated carbocycles. The highest BCUT2D eigenvalue weighted by atomic mass is 31.2. The molecule has 0 spiro atoms. The van der Waals surface area contributed by atoms with Gasteiger partial charge in [-0.15, -0.1) is 0 Å². The molecular formula is C40H55O4P. The summed E-state index contributed by atoms with van der Waals surface area (Å²) in [5.41, 5.74) is 5.36. The maximum absolute atomic E-state index is 11.8. The fraction of sp³-hybridized carbons (Fsp3) is 0.475. The summed E-state index contributed by atoms with van der Waals surface area (Å²) in [4.78, 5) is 11.8. The van der Waals surface area contributed by atoms with Crippen molar-refractivity contribution in [3.63, 3.8) is 0 Å². The van der Waals surface area contributed by atoms with Gasteiger partial charge in [0, 0.05) is 18.1 Å². The molecule has 3 aromatic rings. The summed E-state index contributed by atoms with van der Waals surface area (Å²) in [6.45, 7) is 30.2. The molecular weight excluding hydrogens is 575 g/mol. The van der Waals surface area contributed by atoms with Gasteiger partial charge in [0.1, 0.15) is 17.2 Å². The van der Waals surface area contributed by atoms with Crippen molar-refractivity contribution in [3.05, 3.63) is 88.5 Å². The fourth-order valence-corrected chi connectivity index (χ4v) is 6.38. The molecule has 0 fully saturated rings. The van der Waals surface area contributed by atoms with Crippen LogP contribution in [0.15, 0.2) is 60.7 Å². The van der Waals surface area contributed by atoms with E-state index in [1.54, 1.807) is 0 Å². The van der Waals surface area contributed by atoms with Gasteiger partial charge in [-0.25, -0.2) is 0 Å². The Balaban J connectivity index is 2.29. The molecule has 0 N–H and O–H groups in total. The van der Waals surface area contributed by atoms with Crippen molar-refractivity contribution in [2.45, 2.75) is 125 Å². The lowest BCUT2D eigenvalue weighted by molar-refractivity contribution is -0.131. The average molecular weight is 631 g/mol. The standard InChI is InChI=1S/C40H55O4P/c1-15-16-17-28-24-31(42-27(2)41)20-23-36(28)45(43-34-21-18-29(37(3,4)5)25-32(34)39(9,10)11)44-35-22-19-30(38(6,7)8)26-33(35)40(12,13)14/h16-26H,15H2,1-14H3. The molecule has 0 saturated heterocycles. The van der Waals surface area contributed by atoms with Crippen molar-refractivity contribution in [2.24, 2.45) is 0 Å². The summed E-state index contributed by atoms with van der Waals surface area (Å²) >= 11 is 0. The Kier molecular flexibility index (Phi) is 11.1. The highest BCUT2D eigenvalue weighted by Gasteiger charge is 2.30. The summed E-state index contributed by atoms with van der Waals surface area (Å²) < 4.78 is 19.6. The van der Waals surface area contributed by atoms with Gasteiger partial charge < -0.3 is 13.8 Å². The molecule has 3 aromatic carbocycles. The summed E-state index contributed by atoms with van der Waals surface area (Å²) in [6.07, 6.45) is 5.02. The van der Waals surface area contributed by atoms with Gasteiger partial charge in [0.05, 0.1) is 5.30 Å². The van der Waals surface area contributed by atoms with Crippen LogP contribution in [0.3, 0.4) is 0 Å². The molecule has 0 aliphatic rings. The van der Waals surface area contributed by atoms with Gasteiger partial charge in [-0.1, -0.05) is 126 Å². The summed E-state index contributed by atoms with van der Waals surface area (Å²) in [7, 11) is -1.67. The van der Waals surface area contributed by atoms with Crippen LogP contribution in [0, 0.1) is 0 Å². The first-order valence-corrected chi connectivity index (χ1v) is 17.2. The van der Waals surface area contributed by atoms with E-state index in [9.17, 15) is 4.79 Å². The molecule has 45 heavy (non-hydrogen) atoms. The zero-order chi connectivity index (χ0) is 34.0. The Hall–Kier alpha value is -3.10. The van der Waals surface area contributed by atoms with Crippen LogP contribution in [0.2, 0.25) is 0 Å². The van der Waals surface area contributed by atoms with Gasteiger partial charge in [-0.05, 0) is 75.1 Å². The van der Waals surface area contributed by atoms with Gasteiger partial charge in [0.2, 0.25) is 0 Å². The average Bonchev–Trinajstić information content (AvgIpc) is 2.89. The quantitative estimate of drug-likeness (QED) is 0.141. The Morgan fingerprint density at radius 3 is 1.51 bits per heavy atom. The number of carbonyl (C=O) groups excluding carboxylic acids is 1. The molecule has 0 aromatic heterocycles. The molecule has 5 heteroatoms. The molecule has 244 valence electrons. The van der Waals surface area contributed by atoms with Gasteiger partial charge >= 0.3 is 14.3 Å². The van der Waals surface area contributed by atoms with E-state index < -0.39 is 8.38 Å². The Morgan fingerprint density at radius 1 is 0.667 bits per heavy atom. The second-order valence-electron chi connectivity index (χ2n) is 16.0. The van der Waals surface area contributed by atoms with E-state index in [0.29, 0.717) is 5.75 Å². The SMILES string of the molecule is CCC=Cc1cc(OC(C)=O)ccc1P(Oc1ccc(C(C)(C)C)cc1C(C)(C)C)Oc1ccc(C(C)(C)C)cc1C(C)(C)C. The van der Waals surface area contributed by atoms with E-state index in [1.165, 1.54) is 18.1 Å². The van der Waals surface area contributed by atoms with Crippen LogP contribution in [-0.2, 0) is 26.5 Å². The molecule has 0 unspecified atom stereocenters. The van der Waals surface area contributed by atoms with Gasteiger partial charge in [-0.2, -0.15) is 0 Å². The largest absolute Gasteiger partial charge is 0.435 e. The third-order valence-electron chi connectivity index (χ3n) is 7.66. The van der Waals surface area contributed by atoms with Crippen molar-refractivity contribution in [3.8, 4) is 17.2 Å².